The Morgan fingerprint density at radius 1 is 1.53 bits per heavy atom. The summed E-state index contributed by atoms with van der Waals surface area (Å²) in [7, 11) is 5.08. The van der Waals surface area contributed by atoms with Crippen LogP contribution in [0.15, 0.2) is 18.2 Å². The fraction of sp³-hybridized carbons (Fsp3) is 0.500. The first-order valence-electron chi connectivity index (χ1n) is 6.25. The van der Waals surface area contributed by atoms with Crippen LogP contribution in [-0.2, 0) is 11.3 Å². The van der Waals surface area contributed by atoms with Crippen LogP contribution in [-0.4, -0.2) is 43.2 Å². The summed E-state index contributed by atoms with van der Waals surface area (Å²) in [6, 6.07) is 5.49. The highest BCUT2D eigenvalue weighted by atomic mass is 16.5. The van der Waals surface area contributed by atoms with Gasteiger partial charge < -0.3 is 15.2 Å². The van der Waals surface area contributed by atoms with Gasteiger partial charge in [-0.2, -0.15) is 0 Å². The summed E-state index contributed by atoms with van der Waals surface area (Å²) in [5.74, 6) is 0.628. The van der Waals surface area contributed by atoms with E-state index in [-0.39, 0.29) is 17.7 Å². The maximum atomic E-state index is 11.3. The first-order chi connectivity index (χ1) is 8.99. The molecule has 1 aromatic carbocycles. The summed E-state index contributed by atoms with van der Waals surface area (Å²) < 4.78 is 5.08. The molecule has 0 aliphatic heterocycles. The van der Waals surface area contributed by atoms with Crippen LogP contribution in [0.5, 0.6) is 11.5 Å². The van der Waals surface area contributed by atoms with Crippen molar-refractivity contribution in [1.29, 1.82) is 0 Å². The van der Waals surface area contributed by atoms with Gasteiger partial charge in [0.05, 0.1) is 7.11 Å². The van der Waals surface area contributed by atoms with Gasteiger partial charge in [0, 0.05) is 31.6 Å². The number of phenols is 1. The molecule has 0 bridgehead atoms. The number of aromatic hydroxyl groups is 1. The Morgan fingerprint density at radius 3 is 2.79 bits per heavy atom. The molecule has 1 amide bonds. The number of para-hydroxylation sites is 1. The zero-order chi connectivity index (χ0) is 14.4. The van der Waals surface area contributed by atoms with E-state index in [1.165, 1.54) is 7.11 Å². The van der Waals surface area contributed by atoms with E-state index in [1.54, 1.807) is 13.1 Å². The lowest BCUT2D eigenvalue weighted by Gasteiger charge is -2.24. The van der Waals surface area contributed by atoms with Crippen molar-refractivity contribution in [3.05, 3.63) is 23.8 Å². The number of carbonyl (C=O) groups excluding carboxylic acids is 1. The van der Waals surface area contributed by atoms with Gasteiger partial charge in [-0.15, -0.1) is 0 Å². The number of nitrogens with zero attached hydrogens (tertiary/aromatic N) is 1. The molecule has 19 heavy (non-hydrogen) atoms. The van der Waals surface area contributed by atoms with Crippen LogP contribution in [0, 0.1) is 0 Å². The maximum absolute atomic E-state index is 11.3. The van der Waals surface area contributed by atoms with Crippen molar-refractivity contribution < 1.29 is 14.6 Å². The Hall–Kier alpha value is -1.75. The van der Waals surface area contributed by atoms with E-state index in [0.717, 1.165) is 5.56 Å². The highest BCUT2D eigenvalue weighted by Gasteiger charge is 2.15. The molecule has 0 aromatic heterocycles. The molecule has 1 atom stereocenters. The highest BCUT2D eigenvalue weighted by Crippen LogP contribution is 2.30. The second kappa shape index (κ2) is 6.99. The Labute approximate surface area is 114 Å². The number of ether oxygens (including phenoxy) is 1. The van der Waals surface area contributed by atoms with Gasteiger partial charge in [0.1, 0.15) is 0 Å². The third-order valence-corrected chi connectivity index (χ3v) is 3.23. The van der Waals surface area contributed by atoms with Gasteiger partial charge in [-0.05, 0) is 20.0 Å². The van der Waals surface area contributed by atoms with Crippen molar-refractivity contribution >= 4 is 5.91 Å². The van der Waals surface area contributed by atoms with Crippen molar-refractivity contribution in [2.75, 3.05) is 21.2 Å². The van der Waals surface area contributed by atoms with E-state index >= 15 is 0 Å². The topological polar surface area (TPSA) is 61.8 Å². The third kappa shape index (κ3) is 4.13. The second-order valence-electron chi connectivity index (χ2n) is 4.61. The lowest BCUT2D eigenvalue weighted by atomic mass is 10.1. The molecule has 0 heterocycles. The van der Waals surface area contributed by atoms with Crippen LogP contribution in [0.1, 0.15) is 18.9 Å². The molecule has 0 saturated carbocycles. The summed E-state index contributed by atoms with van der Waals surface area (Å²) in [6.07, 6.45) is 0.428. The minimum atomic E-state index is 0.00853. The number of benzene rings is 1. The summed E-state index contributed by atoms with van der Waals surface area (Å²) in [5.41, 5.74) is 0.783. The molecule has 0 saturated heterocycles. The number of hydrogen-bond acceptors (Lipinski definition) is 4. The third-order valence-electron chi connectivity index (χ3n) is 3.23. The fourth-order valence-electron chi connectivity index (χ4n) is 1.81. The van der Waals surface area contributed by atoms with Gasteiger partial charge in [0.2, 0.25) is 5.91 Å². The summed E-state index contributed by atoms with van der Waals surface area (Å²) >= 11 is 0. The monoisotopic (exact) mass is 266 g/mol. The molecular formula is C14H22N2O3. The normalized spacial score (nSPS) is 12.3. The van der Waals surface area contributed by atoms with Crippen molar-refractivity contribution in [2.45, 2.75) is 25.9 Å². The minimum absolute atomic E-state index is 0.00853. The van der Waals surface area contributed by atoms with E-state index in [2.05, 4.69) is 5.32 Å². The largest absolute Gasteiger partial charge is 0.504 e. The SMILES string of the molecule is CNC(=O)CC(C)N(C)Cc1cccc(OC)c1O. The summed E-state index contributed by atoms with van der Waals surface area (Å²) in [4.78, 5) is 13.4. The Kier molecular flexibility index (Phi) is 5.63. The number of methoxy groups -OCH3 is 1. The van der Waals surface area contributed by atoms with Gasteiger partial charge in [-0.1, -0.05) is 12.1 Å². The molecule has 106 valence electrons. The van der Waals surface area contributed by atoms with Crippen molar-refractivity contribution in [3.63, 3.8) is 0 Å². The lowest BCUT2D eigenvalue weighted by molar-refractivity contribution is -0.121. The van der Waals surface area contributed by atoms with E-state index in [4.69, 9.17) is 4.74 Å². The molecule has 0 fully saturated rings. The predicted molar refractivity (Wildman–Crippen MR) is 74.3 cm³/mol. The highest BCUT2D eigenvalue weighted by molar-refractivity contribution is 5.76. The summed E-state index contributed by atoms with van der Waals surface area (Å²) in [5, 5.41) is 12.6. The molecule has 1 rings (SSSR count). The number of phenolic OH excluding ortho intramolecular Hbond substituents is 1. The van der Waals surface area contributed by atoms with Crippen molar-refractivity contribution in [2.24, 2.45) is 0 Å². The lowest BCUT2D eigenvalue weighted by Crippen LogP contribution is -2.33. The van der Waals surface area contributed by atoms with E-state index in [0.29, 0.717) is 18.7 Å². The molecule has 1 unspecified atom stereocenters. The molecule has 5 heteroatoms. The number of hydrogen-bond donors (Lipinski definition) is 2. The smallest absolute Gasteiger partial charge is 0.221 e. The summed E-state index contributed by atoms with van der Waals surface area (Å²) in [6.45, 7) is 2.54. The molecule has 0 spiro atoms. The second-order valence-corrected chi connectivity index (χ2v) is 4.61. The zero-order valence-corrected chi connectivity index (χ0v) is 11.9. The van der Waals surface area contributed by atoms with E-state index < -0.39 is 0 Å². The van der Waals surface area contributed by atoms with E-state index in [9.17, 15) is 9.90 Å². The van der Waals surface area contributed by atoms with Gasteiger partial charge in [-0.25, -0.2) is 0 Å². The first-order valence-corrected chi connectivity index (χ1v) is 6.25. The molecule has 0 aliphatic rings. The molecule has 0 radical (unpaired) electrons. The predicted octanol–water partition coefficient (Wildman–Crippen LogP) is 1.36. The van der Waals surface area contributed by atoms with Gasteiger partial charge >= 0.3 is 0 Å². The molecule has 2 N–H and O–H groups in total. The van der Waals surface area contributed by atoms with Crippen LogP contribution in [0.2, 0.25) is 0 Å². The Morgan fingerprint density at radius 2 is 2.21 bits per heavy atom. The van der Waals surface area contributed by atoms with Gasteiger partial charge in [-0.3, -0.25) is 9.69 Å². The fourth-order valence-corrected chi connectivity index (χ4v) is 1.81. The number of carbonyl (C=O) groups is 1. The average molecular weight is 266 g/mol. The maximum Gasteiger partial charge on any atom is 0.221 e. The van der Waals surface area contributed by atoms with E-state index in [1.807, 2.05) is 31.0 Å². The molecule has 5 nitrogen and oxygen atoms in total. The van der Waals surface area contributed by atoms with Crippen LogP contribution < -0.4 is 10.1 Å². The average Bonchev–Trinajstić information content (AvgIpc) is 2.40. The number of rotatable bonds is 6. The molecular weight excluding hydrogens is 244 g/mol. The van der Waals surface area contributed by atoms with Crippen LogP contribution >= 0.6 is 0 Å². The first kappa shape index (κ1) is 15.3. The molecule has 0 aliphatic carbocycles. The van der Waals surface area contributed by atoms with Gasteiger partial charge in [0.25, 0.3) is 0 Å². The quantitative estimate of drug-likeness (QED) is 0.816. The standard InChI is InChI=1S/C14H22N2O3/c1-10(8-13(17)15-2)16(3)9-11-6-5-7-12(19-4)14(11)18/h5-7,10,18H,8-9H2,1-4H3,(H,15,17). The van der Waals surface area contributed by atoms with Crippen molar-refractivity contribution in [1.82, 2.24) is 10.2 Å². The van der Waals surface area contributed by atoms with Crippen LogP contribution in [0.25, 0.3) is 0 Å². The number of amides is 1. The minimum Gasteiger partial charge on any atom is -0.504 e. The Balaban J connectivity index is 2.71. The number of nitrogens with one attached hydrogen (secondary N) is 1. The van der Waals surface area contributed by atoms with Crippen LogP contribution in [0.3, 0.4) is 0 Å². The zero-order valence-electron chi connectivity index (χ0n) is 11.9. The Bertz CT molecular complexity index is 435. The van der Waals surface area contributed by atoms with Crippen molar-refractivity contribution in [3.8, 4) is 11.5 Å². The van der Waals surface area contributed by atoms with Gasteiger partial charge in [0.15, 0.2) is 11.5 Å². The molecule has 1 aromatic rings. The van der Waals surface area contributed by atoms with Crippen LogP contribution in [0.4, 0.5) is 0 Å².